The van der Waals surface area contributed by atoms with Gasteiger partial charge >= 0.3 is 0 Å². The molecule has 8 nitrogen and oxygen atoms in total. The molecule has 4 rings (SSSR count). The van der Waals surface area contributed by atoms with Crippen LogP contribution in [0.3, 0.4) is 0 Å². The Balaban J connectivity index is 1.32. The van der Waals surface area contributed by atoms with Gasteiger partial charge in [-0.05, 0) is 29.8 Å². The van der Waals surface area contributed by atoms with E-state index in [4.69, 9.17) is 0 Å². The first-order chi connectivity index (χ1) is 16.0. The molecule has 170 valence electrons. The molecule has 2 amide bonds. The second-order valence-corrected chi connectivity index (χ2v) is 8.80. The number of carbonyl (C=O) groups is 2. The lowest BCUT2D eigenvalue weighted by Gasteiger charge is -2.27. The summed E-state index contributed by atoms with van der Waals surface area (Å²) in [4.78, 5) is 45.7. The van der Waals surface area contributed by atoms with Crippen LogP contribution in [-0.2, 0) is 29.1 Å². The number of anilines is 2. The molecular weight excluding hydrogens is 438 g/mol. The minimum absolute atomic E-state index is 0.120. The summed E-state index contributed by atoms with van der Waals surface area (Å²) in [7, 11) is 0. The van der Waals surface area contributed by atoms with E-state index in [0.29, 0.717) is 35.1 Å². The van der Waals surface area contributed by atoms with Gasteiger partial charge in [0, 0.05) is 44.4 Å². The summed E-state index contributed by atoms with van der Waals surface area (Å²) >= 11 is 1.20. The van der Waals surface area contributed by atoms with Crippen molar-refractivity contribution in [2.24, 2.45) is 0 Å². The number of aromatic nitrogens is 2. The van der Waals surface area contributed by atoms with Crippen LogP contribution in [0.4, 0.5) is 11.4 Å². The highest BCUT2D eigenvalue weighted by Crippen LogP contribution is 2.20. The summed E-state index contributed by atoms with van der Waals surface area (Å²) < 4.78 is 0. The minimum Gasteiger partial charge on any atom is -0.326 e. The second-order valence-electron chi connectivity index (χ2n) is 7.84. The fraction of sp³-hybridized carbons (Fsp3) is 0.250. The van der Waals surface area contributed by atoms with E-state index in [0.717, 1.165) is 18.8 Å². The maximum Gasteiger partial charge on any atom is 0.256 e. The van der Waals surface area contributed by atoms with E-state index < -0.39 is 0 Å². The van der Waals surface area contributed by atoms with Crippen LogP contribution in [0, 0.1) is 0 Å². The largest absolute Gasteiger partial charge is 0.326 e. The number of hydrogen-bond donors (Lipinski definition) is 3. The fourth-order valence-corrected chi connectivity index (χ4v) is 4.35. The van der Waals surface area contributed by atoms with Crippen LogP contribution in [0.15, 0.2) is 64.5 Å². The molecule has 1 aromatic heterocycles. The molecule has 0 bridgehead atoms. The van der Waals surface area contributed by atoms with Gasteiger partial charge in [0.25, 0.3) is 5.56 Å². The summed E-state index contributed by atoms with van der Waals surface area (Å²) in [6.45, 7) is 3.62. The molecule has 3 N–H and O–H groups in total. The molecule has 33 heavy (non-hydrogen) atoms. The SMILES string of the molecule is CC(=O)Nc1ccc(NC(=O)CSc2nc3c(c(=O)[nH]2)CN(Cc2ccccc2)CC3)cc1. The molecule has 0 aliphatic carbocycles. The Kier molecular flexibility index (Phi) is 7.21. The van der Waals surface area contributed by atoms with Crippen LogP contribution in [-0.4, -0.2) is 39.0 Å². The molecule has 0 fully saturated rings. The van der Waals surface area contributed by atoms with E-state index in [1.54, 1.807) is 24.3 Å². The lowest BCUT2D eigenvalue weighted by molar-refractivity contribution is -0.114. The topological polar surface area (TPSA) is 107 Å². The third-order valence-corrected chi connectivity index (χ3v) is 6.08. The Bertz CT molecular complexity index is 1190. The Morgan fingerprint density at radius 3 is 2.45 bits per heavy atom. The fourth-order valence-electron chi connectivity index (χ4n) is 3.67. The first kappa shape index (κ1) is 22.8. The first-order valence-corrected chi connectivity index (χ1v) is 11.6. The van der Waals surface area contributed by atoms with Crippen LogP contribution in [0.25, 0.3) is 0 Å². The third-order valence-electron chi connectivity index (χ3n) is 5.20. The number of nitrogens with one attached hydrogen (secondary N) is 3. The van der Waals surface area contributed by atoms with Crippen molar-refractivity contribution in [2.75, 3.05) is 22.9 Å². The Morgan fingerprint density at radius 2 is 1.76 bits per heavy atom. The van der Waals surface area contributed by atoms with E-state index in [1.165, 1.54) is 24.2 Å². The molecule has 0 atom stereocenters. The van der Waals surface area contributed by atoms with Gasteiger partial charge in [0.2, 0.25) is 11.8 Å². The zero-order valence-electron chi connectivity index (χ0n) is 18.3. The standard InChI is InChI=1S/C24H25N5O3S/c1-16(30)25-18-7-9-19(10-8-18)26-22(31)15-33-24-27-21-11-12-29(14-20(21)23(32)28-24)13-17-5-3-2-4-6-17/h2-10H,11-15H2,1H3,(H,25,30)(H,26,31)(H,27,28,32). The molecule has 1 aliphatic rings. The highest BCUT2D eigenvalue weighted by Gasteiger charge is 2.21. The van der Waals surface area contributed by atoms with Crippen molar-refractivity contribution >= 4 is 35.0 Å². The summed E-state index contributed by atoms with van der Waals surface area (Å²) in [6, 6.07) is 17.1. The van der Waals surface area contributed by atoms with Crippen LogP contribution >= 0.6 is 11.8 Å². The van der Waals surface area contributed by atoms with Gasteiger partial charge in [0.05, 0.1) is 17.0 Å². The number of benzene rings is 2. The number of thioether (sulfide) groups is 1. The zero-order chi connectivity index (χ0) is 23.2. The van der Waals surface area contributed by atoms with Gasteiger partial charge in [-0.25, -0.2) is 4.98 Å². The van der Waals surface area contributed by atoms with E-state index >= 15 is 0 Å². The van der Waals surface area contributed by atoms with Gasteiger partial charge in [0.15, 0.2) is 5.16 Å². The van der Waals surface area contributed by atoms with Crippen molar-refractivity contribution in [3.63, 3.8) is 0 Å². The van der Waals surface area contributed by atoms with Crippen molar-refractivity contribution in [2.45, 2.75) is 31.6 Å². The summed E-state index contributed by atoms with van der Waals surface area (Å²) in [5.41, 5.74) is 3.86. The number of H-pyrrole nitrogens is 1. The highest BCUT2D eigenvalue weighted by atomic mass is 32.2. The maximum absolute atomic E-state index is 12.7. The molecule has 9 heteroatoms. The van der Waals surface area contributed by atoms with Gasteiger partial charge in [-0.3, -0.25) is 19.3 Å². The molecule has 0 saturated carbocycles. The smallest absolute Gasteiger partial charge is 0.256 e. The molecule has 0 saturated heterocycles. The van der Waals surface area contributed by atoms with Gasteiger partial charge in [-0.15, -0.1) is 0 Å². The average molecular weight is 464 g/mol. The van der Waals surface area contributed by atoms with Gasteiger partial charge in [-0.1, -0.05) is 42.1 Å². The molecule has 0 spiro atoms. The Morgan fingerprint density at radius 1 is 1.06 bits per heavy atom. The number of aromatic amines is 1. The quantitative estimate of drug-likeness (QED) is 0.367. The lowest BCUT2D eigenvalue weighted by atomic mass is 10.1. The predicted octanol–water partition coefficient (Wildman–Crippen LogP) is 3.02. The molecule has 2 heterocycles. The Labute approximate surface area is 195 Å². The average Bonchev–Trinajstić information content (AvgIpc) is 2.80. The van der Waals surface area contributed by atoms with Crippen LogP contribution in [0.2, 0.25) is 0 Å². The number of rotatable bonds is 7. The predicted molar refractivity (Wildman–Crippen MR) is 129 cm³/mol. The maximum atomic E-state index is 12.7. The third kappa shape index (κ3) is 6.30. The minimum atomic E-state index is -0.207. The highest BCUT2D eigenvalue weighted by molar-refractivity contribution is 7.99. The molecule has 0 radical (unpaired) electrons. The van der Waals surface area contributed by atoms with Gasteiger partial charge in [0.1, 0.15) is 0 Å². The summed E-state index contributed by atoms with van der Waals surface area (Å²) in [6.07, 6.45) is 0.701. The van der Waals surface area contributed by atoms with Crippen molar-refractivity contribution in [3.8, 4) is 0 Å². The van der Waals surface area contributed by atoms with E-state index in [-0.39, 0.29) is 23.1 Å². The van der Waals surface area contributed by atoms with Gasteiger partial charge < -0.3 is 15.6 Å². The number of carbonyl (C=O) groups excluding carboxylic acids is 2. The van der Waals surface area contributed by atoms with Crippen LogP contribution in [0.5, 0.6) is 0 Å². The number of amides is 2. The molecule has 1 aliphatic heterocycles. The second kappa shape index (κ2) is 10.5. The summed E-state index contributed by atoms with van der Waals surface area (Å²) in [5.74, 6) is -0.240. The van der Waals surface area contributed by atoms with Crippen molar-refractivity contribution in [1.82, 2.24) is 14.9 Å². The van der Waals surface area contributed by atoms with Crippen LogP contribution < -0.4 is 16.2 Å². The zero-order valence-corrected chi connectivity index (χ0v) is 19.1. The lowest BCUT2D eigenvalue weighted by Crippen LogP contribution is -2.35. The van der Waals surface area contributed by atoms with E-state index in [2.05, 4.69) is 37.6 Å². The molecule has 2 aromatic carbocycles. The number of hydrogen-bond acceptors (Lipinski definition) is 6. The summed E-state index contributed by atoms with van der Waals surface area (Å²) in [5, 5.41) is 5.93. The number of nitrogens with zero attached hydrogens (tertiary/aromatic N) is 2. The van der Waals surface area contributed by atoms with Crippen LogP contribution in [0.1, 0.15) is 23.7 Å². The molecule has 0 unspecified atom stereocenters. The van der Waals surface area contributed by atoms with E-state index in [1.807, 2.05) is 18.2 Å². The van der Waals surface area contributed by atoms with E-state index in [9.17, 15) is 14.4 Å². The van der Waals surface area contributed by atoms with Crippen molar-refractivity contribution < 1.29 is 9.59 Å². The normalized spacial score (nSPS) is 13.2. The molecular formula is C24H25N5O3S. The monoisotopic (exact) mass is 463 g/mol. The number of fused-ring (bicyclic) bond motifs is 1. The molecule has 3 aromatic rings. The Hall–Kier alpha value is -3.43. The van der Waals surface area contributed by atoms with Crippen molar-refractivity contribution in [1.29, 1.82) is 0 Å². The first-order valence-electron chi connectivity index (χ1n) is 10.6. The van der Waals surface area contributed by atoms with Crippen molar-refractivity contribution in [3.05, 3.63) is 81.8 Å². The van der Waals surface area contributed by atoms with Gasteiger partial charge in [-0.2, -0.15) is 0 Å².